The van der Waals surface area contributed by atoms with Crippen LogP contribution in [-0.2, 0) is 15.1 Å². The zero-order valence-electron chi connectivity index (χ0n) is 17.1. The first-order chi connectivity index (χ1) is 14.1. The van der Waals surface area contributed by atoms with Crippen LogP contribution in [0.2, 0.25) is 0 Å². The molecule has 3 aliphatic heterocycles. The molecule has 0 radical (unpaired) electrons. The molecule has 0 aromatic carbocycles. The average molecular weight is 393 g/mol. The van der Waals surface area contributed by atoms with Gasteiger partial charge in [0.1, 0.15) is 5.54 Å². The van der Waals surface area contributed by atoms with Crippen molar-refractivity contribution in [1.82, 2.24) is 14.5 Å². The number of hydrogen-bond donors (Lipinski definition) is 0. The molecule has 1 aliphatic carbocycles. The van der Waals surface area contributed by atoms with Gasteiger partial charge in [0.25, 0.3) is 0 Å². The molecular weight excluding hydrogens is 364 g/mol. The van der Waals surface area contributed by atoms with Gasteiger partial charge in [0.15, 0.2) is 5.82 Å². The molecule has 3 fully saturated rings. The first-order valence-electron chi connectivity index (χ1n) is 10.9. The molecule has 5 heterocycles. The van der Waals surface area contributed by atoms with E-state index in [4.69, 9.17) is 9.72 Å². The SMILES string of the molecule is CC(C)CN1c2cccnc2-n2cccc2C12CCN(C(=O)C1[C@H]3COC[C@@H]13)C2. The van der Waals surface area contributed by atoms with E-state index in [9.17, 15) is 4.79 Å². The Morgan fingerprint density at radius 2 is 2.10 bits per heavy atom. The summed E-state index contributed by atoms with van der Waals surface area (Å²) in [7, 11) is 0. The van der Waals surface area contributed by atoms with Crippen LogP contribution in [0.1, 0.15) is 26.0 Å². The maximum absolute atomic E-state index is 13.3. The topological polar surface area (TPSA) is 50.6 Å². The highest BCUT2D eigenvalue weighted by atomic mass is 16.5. The molecule has 2 saturated heterocycles. The third-order valence-corrected chi connectivity index (χ3v) is 7.37. The average Bonchev–Trinajstić information content (AvgIpc) is 3.21. The standard InChI is InChI=1S/C23H28N4O2/c1-15(2)11-27-18-5-3-8-24-21(18)26-9-4-6-19(26)23(27)7-10-25(14-23)22(28)20-16-12-29-13-17(16)20/h3-6,8-9,15-17,20H,7,10-14H2,1-2H3/t16-,17+,20?,23?. The molecule has 0 bridgehead atoms. The van der Waals surface area contributed by atoms with E-state index in [2.05, 4.69) is 52.6 Å². The number of amides is 1. The van der Waals surface area contributed by atoms with E-state index in [0.29, 0.717) is 23.7 Å². The van der Waals surface area contributed by atoms with Gasteiger partial charge in [-0.05, 0) is 48.4 Å². The van der Waals surface area contributed by atoms with Gasteiger partial charge in [0.05, 0.1) is 24.6 Å². The van der Waals surface area contributed by atoms with Crippen molar-refractivity contribution in [3.63, 3.8) is 0 Å². The Kier molecular flexibility index (Phi) is 3.67. The van der Waals surface area contributed by atoms with Crippen LogP contribution in [-0.4, -0.2) is 53.2 Å². The van der Waals surface area contributed by atoms with Gasteiger partial charge in [0, 0.05) is 37.9 Å². The van der Waals surface area contributed by atoms with Crippen molar-refractivity contribution in [3.05, 3.63) is 42.4 Å². The van der Waals surface area contributed by atoms with Crippen molar-refractivity contribution in [1.29, 1.82) is 0 Å². The number of carbonyl (C=O) groups is 1. The second-order valence-corrected chi connectivity index (χ2v) is 9.55. The third-order valence-electron chi connectivity index (χ3n) is 7.37. The molecule has 2 unspecified atom stereocenters. The molecule has 2 aromatic rings. The van der Waals surface area contributed by atoms with Crippen molar-refractivity contribution in [2.24, 2.45) is 23.7 Å². The summed E-state index contributed by atoms with van der Waals surface area (Å²) in [6.45, 7) is 8.59. The van der Waals surface area contributed by atoms with Gasteiger partial charge < -0.3 is 19.1 Å². The van der Waals surface area contributed by atoms with Crippen LogP contribution in [0.5, 0.6) is 0 Å². The molecule has 1 saturated carbocycles. The van der Waals surface area contributed by atoms with Crippen LogP contribution in [0.25, 0.3) is 5.82 Å². The highest BCUT2D eigenvalue weighted by Gasteiger charge is 2.60. The summed E-state index contributed by atoms with van der Waals surface area (Å²) >= 11 is 0. The molecule has 6 nitrogen and oxygen atoms in total. The predicted molar refractivity (Wildman–Crippen MR) is 110 cm³/mol. The van der Waals surface area contributed by atoms with Crippen molar-refractivity contribution in [2.75, 3.05) is 37.7 Å². The second kappa shape index (κ2) is 6.08. The number of nitrogens with zero attached hydrogens (tertiary/aromatic N) is 4. The molecule has 4 atom stereocenters. The molecule has 6 rings (SSSR count). The van der Waals surface area contributed by atoms with E-state index in [1.807, 2.05) is 12.3 Å². The van der Waals surface area contributed by atoms with Crippen LogP contribution in [0.3, 0.4) is 0 Å². The minimum atomic E-state index is -0.181. The van der Waals surface area contributed by atoms with Crippen LogP contribution >= 0.6 is 0 Å². The minimum absolute atomic E-state index is 0.181. The van der Waals surface area contributed by atoms with Gasteiger partial charge >= 0.3 is 0 Å². The Bertz CT molecular complexity index is 959. The number of pyridine rings is 1. The number of aromatic nitrogens is 2. The van der Waals surface area contributed by atoms with E-state index < -0.39 is 0 Å². The van der Waals surface area contributed by atoms with Crippen molar-refractivity contribution in [2.45, 2.75) is 25.8 Å². The molecular formula is C23H28N4O2. The van der Waals surface area contributed by atoms with Gasteiger partial charge in [-0.1, -0.05) is 13.8 Å². The number of hydrogen-bond acceptors (Lipinski definition) is 4. The Balaban J connectivity index is 1.39. The molecule has 4 aliphatic rings. The predicted octanol–water partition coefficient (Wildman–Crippen LogP) is 2.67. The van der Waals surface area contributed by atoms with Crippen molar-refractivity contribution in [3.8, 4) is 5.82 Å². The fourth-order valence-electron chi connectivity index (χ4n) is 5.96. The van der Waals surface area contributed by atoms with Gasteiger partial charge in [-0.15, -0.1) is 0 Å². The van der Waals surface area contributed by atoms with Gasteiger partial charge in [0.2, 0.25) is 5.91 Å². The molecule has 152 valence electrons. The number of ether oxygens (including phenoxy) is 1. The zero-order chi connectivity index (χ0) is 19.8. The van der Waals surface area contributed by atoms with Crippen molar-refractivity contribution < 1.29 is 9.53 Å². The van der Waals surface area contributed by atoms with E-state index >= 15 is 0 Å². The lowest BCUT2D eigenvalue weighted by molar-refractivity contribution is -0.133. The van der Waals surface area contributed by atoms with Crippen LogP contribution in [0.4, 0.5) is 5.69 Å². The van der Waals surface area contributed by atoms with Crippen LogP contribution in [0.15, 0.2) is 36.7 Å². The van der Waals surface area contributed by atoms with Gasteiger partial charge in [-0.25, -0.2) is 4.98 Å². The Morgan fingerprint density at radius 1 is 1.28 bits per heavy atom. The molecule has 0 N–H and O–H groups in total. The lowest BCUT2D eigenvalue weighted by Gasteiger charge is -2.47. The molecule has 2 aromatic heterocycles. The van der Waals surface area contributed by atoms with Crippen LogP contribution in [0, 0.1) is 23.7 Å². The Morgan fingerprint density at radius 3 is 2.90 bits per heavy atom. The zero-order valence-corrected chi connectivity index (χ0v) is 17.1. The van der Waals surface area contributed by atoms with E-state index in [1.54, 1.807) is 0 Å². The number of likely N-dealkylation sites (tertiary alicyclic amines) is 1. The summed E-state index contributed by atoms with van der Waals surface area (Å²) in [5.41, 5.74) is 2.26. The summed E-state index contributed by atoms with van der Waals surface area (Å²) in [6.07, 6.45) is 4.94. The molecule has 6 heteroatoms. The van der Waals surface area contributed by atoms with E-state index in [1.165, 1.54) is 11.4 Å². The first-order valence-corrected chi connectivity index (χ1v) is 10.9. The van der Waals surface area contributed by atoms with E-state index in [0.717, 1.165) is 45.1 Å². The maximum Gasteiger partial charge on any atom is 0.226 e. The molecule has 29 heavy (non-hydrogen) atoms. The summed E-state index contributed by atoms with van der Waals surface area (Å²) in [6, 6.07) is 8.54. The normalized spacial score (nSPS) is 31.9. The molecule has 1 spiro atoms. The van der Waals surface area contributed by atoms with Crippen LogP contribution < -0.4 is 4.90 Å². The number of carbonyl (C=O) groups excluding carboxylic acids is 1. The molecule has 1 amide bonds. The lowest BCUT2D eigenvalue weighted by Crippen LogP contribution is -2.54. The summed E-state index contributed by atoms with van der Waals surface area (Å²) in [5.74, 6) is 2.99. The number of rotatable bonds is 3. The summed E-state index contributed by atoms with van der Waals surface area (Å²) in [4.78, 5) is 22.7. The monoisotopic (exact) mass is 392 g/mol. The quantitative estimate of drug-likeness (QED) is 0.806. The Labute approximate surface area is 171 Å². The highest BCUT2D eigenvalue weighted by molar-refractivity contribution is 5.83. The minimum Gasteiger partial charge on any atom is -0.381 e. The van der Waals surface area contributed by atoms with Crippen molar-refractivity contribution >= 4 is 11.6 Å². The first kappa shape index (κ1) is 17.5. The second-order valence-electron chi connectivity index (χ2n) is 9.55. The summed E-state index contributed by atoms with van der Waals surface area (Å²) < 4.78 is 7.74. The lowest BCUT2D eigenvalue weighted by atomic mass is 9.88. The van der Waals surface area contributed by atoms with Gasteiger partial charge in [-0.2, -0.15) is 0 Å². The number of anilines is 1. The number of fused-ring (bicyclic) bond motifs is 5. The van der Waals surface area contributed by atoms with E-state index in [-0.39, 0.29) is 11.5 Å². The Hall–Kier alpha value is -2.34. The fraction of sp³-hybridized carbons (Fsp3) is 0.565. The van der Waals surface area contributed by atoms with Gasteiger partial charge in [-0.3, -0.25) is 4.79 Å². The smallest absolute Gasteiger partial charge is 0.226 e. The highest BCUT2D eigenvalue weighted by Crippen LogP contribution is 2.53. The summed E-state index contributed by atoms with van der Waals surface area (Å²) in [5, 5.41) is 0. The fourth-order valence-corrected chi connectivity index (χ4v) is 5.96. The maximum atomic E-state index is 13.3. The largest absolute Gasteiger partial charge is 0.381 e. The third kappa shape index (κ3) is 2.38.